The molecule has 1 aliphatic heterocycles. The van der Waals surface area contributed by atoms with E-state index in [0.29, 0.717) is 6.04 Å². The topological polar surface area (TPSA) is 15.3 Å². The molecule has 1 N–H and O–H groups in total. The molecule has 1 rings (SSSR count). The summed E-state index contributed by atoms with van der Waals surface area (Å²) in [6, 6.07) is 1.42. The molecule has 0 saturated carbocycles. The maximum absolute atomic E-state index is 3.77. The second-order valence-corrected chi connectivity index (χ2v) is 7.04. The van der Waals surface area contributed by atoms with E-state index in [1.54, 1.807) is 0 Å². The minimum Gasteiger partial charge on any atom is -0.311 e. The largest absolute Gasteiger partial charge is 0.311 e. The Balaban J connectivity index is 2.52. The molecule has 3 heteroatoms. The van der Waals surface area contributed by atoms with Gasteiger partial charge in [-0.3, -0.25) is 4.90 Å². The Labute approximate surface area is 118 Å². The average molecular weight is 273 g/mol. The van der Waals surface area contributed by atoms with Gasteiger partial charge in [0.25, 0.3) is 0 Å². The zero-order valence-corrected chi connectivity index (χ0v) is 13.7. The quantitative estimate of drug-likeness (QED) is 0.717. The molecule has 1 aliphatic rings. The molecule has 1 saturated heterocycles. The van der Waals surface area contributed by atoms with Crippen molar-refractivity contribution in [3.63, 3.8) is 0 Å². The van der Waals surface area contributed by atoms with Gasteiger partial charge in [-0.05, 0) is 36.8 Å². The van der Waals surface area contributed by atoms with Gasteiger partial charge in [0.05, 0.1) is 0 Å². The fourth-order valence-corrected chi connectivity index (χ4v) is 3.26. The van der Waals surface area contributed by atoms with Gasteiger partial charge in [-0.25, -0.2) is 0 Å². The summed E-state index contributed by atoms with van der Waals surface area (Å²) in [5, 5.41) is 3.77. The Morgan fingerprint density at radius 1 is 1.33 bits per heavy atom. The zero-order valence-electron chi connectivity index (χ0n) is 12.9. The second kappa shape index (κ2) is 8.44. The van der Waals surface area contributed by atoms with E-state index in [1.807, 2.05) is 11.8 Å². The van der Waals surface area contributed by atoms with Gasteiger partial charge in [-0.15, -0.1) is 0 Å². The van der Waals surface area contributed by atoms with Crippen LogP contribution in [0, 0.1) is 11.8 Å². The first-order valence-corrected chi connectivity index (χ1v) is 8.95. The maximum Gasteiger partial charge on any atom is 0.0244 e. The first-order valence-electron chi connectivity index (χ1n) is 7.56. The first-order chi connectivity index (χ1) is 8.60. The van der Waals surface area contributed by atoms with Gasteiger partial charge in [0, 0.05) is 25.2 Å². The molecular formula is C15H32N2S. The van der Waals surface area contributed by atoms with Gasteiger partial charge in [0.1, 0.15) is 0 Å². The van der Waals surface area contributed by atoms with Crippen molar-refractivity contribution in [1.29, 1.82) is 0 Å². The predicted octanol–water partition coefficient (Wildman–Crippen LogP) is 3.08. The van der Waals surface area contributed by atoms with Crippen LogP contribution in [0.5, 0.6) is 0 Å². The number of hydrogen-bond donors (Lipinski definition) is 1. The summed E-state index contributed by atoms with van der Waals surface area (Å²) < 4.78 is 0. The van der Waals surface area contributed by atoms with Gasteiger partial charge in [-0.1, -0.05) is 34.1 Å². The van der Waals surface area contributed by atoms with E-state index in [1.165, 1.54) is 38.2 Å². The molecule has 2 nitrogen and oxygen atoms in total. The molecular weight excluding hydrogens is 240 g/mol. The highest BCUT2D eigenvalue weighted by molar-refractivity contribution is 7.98. The molecule has 3 atom stereocenters. The Bertz CT molecular complexity index is 221. The van der Waals surface area contributed by atoms with E-state index in [-0.39, 0.29) is 0 Å². The van der Waals surface area contributed by atoms with Crippen molar-refractivity contribution < 1.29 is 0 Å². The first kappa shape index (κ1) is 16.3. The van der Waals surface area contributed by atoms with Crippen LogP contribution in [0.3, 0.4) is 0 Å². The minimum atomic E-state index is 0.694. The van der Waals surface area contributed by atoms with Crippen molar-refractivity contribution in [2.24, 2.45) is 11.8 Å². The van der Waals surface area contributed by atoms with Gasteiger partial charge < -0.3 is 5.32 Å². The van der Waals surface area contributed by atoms with Crippen LogP contribution in [-0.4, -0.2) is 48.6 Å². The number of thioether (sulfide) groups is 1. The molecule has 18 heavy (non-hydrogen) atoms. The second-order valence-electron chi connectivity index (χ2n) is 6.05. The lowest BCUT2D eigenvalue weighted by molar-refractivity contribution is 0.0824. The highest BCUT2D eigenvalue weighted by Crippen LogP contribution is 2.20. The molecule has 0 bridgehead atoms. The molecule has 3 unspecified atom stereocenters. The Hall–Kier alpha value is 0.270. The molecule has 0 aromatic carbocycles. The van der Waals surface area contributed by atoms with E-state index < -0.39 is 0 Å². The fraction of sp³-hybridized carbons (Fsp3) is 1.00. The summed E-state index contributed by atoms with van der Waals surface area (Å²) in [6.07, 6.45) is 4.82. The third-order valence-corrected chi connectivity index (χ3v) is 5.08. The van der Waals surface area contributed by atoms with Gasteiger partial charge in [-0.2, -0.15) is 11.8 Å². The third kappa shape index (κ3) is 4.75. The average Bonchev–Trinajstić information content (AvgIpc) is 2.37. The molecule has 0 spiro atoms. The van der Waals surface area contributed by atoms with Crippen LogP contribution in [0.2, 0.25) is 0 Å². The molecule has 0 radical (unpaired) electrons. The van der Waals surface area contributed by atoms with Gasteiger partial charge >= 0.3 is 0 Å². The highest BCUT2D eigenvalue weighted by Gasteiger charge is 2.31. The van der Waals surface area contributed by atoms with Crippen LogP contribution >= 0.6 is 11.8 Å². The lowest BCUT2D eigenvalue weighted by atomic mass is 9.92. The lowest BCUT2D eigenvalue weighted by Gasteiger charge is -2.44. The van der Waals surface area contributed by atoms with E-state index in [2.05, 4.69) is 44.2 Å². The summed E-state index contributed by atoms with van der Waals surface area (Å²) in [6.45, 7) is 13.1. The van der Waals surface area contributed by atoms with Crippen LogP contribution in [0.1, 0.15) is 40.5 Å². The van der Waals surface area contributed by atoms with Crippen molar-refractivity contribution >= 4 is 11.8 Å². The summed E-state index contributed by atoms with van der Waals surface area (Å²) >= 11 is 1.97. The minimum absolute atomic E-state index is 0.694. The SMILES string of the molecule is CCC(C)C1CN(CCCSC)C(C(C)C)CN1. The van der Waals surface area contributed by atoms with Gasteiger partial charge in [0.2, 0.25) is 0 Å². The van der Waals surface area contributed by atoms with Crippen LogP contribution in [0.25, 0.3) is 0 Å². The third-order valence-electron chi connectivity index (χ3n) is 4.38. The molecule has 0 aromatic heterocycles. The summed E-state index contributed by atoms with van der Waals surface area (Å²) in [5.74, 6) is 2.84. The molecule has 0 aliphatic carbocycles. The van der Waals surface area contributed by atoms with E-state index in [9.17, 15) is 0 Å². The van der Waals surface area contributed by atoms with Crippen molar-refractivity contribution in [3.05, 3.63) is 0 Å². The molecule has 0 amide bonds. The van der Waals surface area contributed by atoms with E-state index >= 15 is 0 Å². The Morgan fingerprint density at radius 2 is 2.06 bits per heavy atom. The van der Waals surface area contributed by atoms with Crippen molar-refractivity contribution in [2.75, 3.05) is 31.6 Å². The highest BCUT2D eigenvalue weighted by atomic mass is 32.2. The Morgan fingerprint density at radius 3 is 2.61 bits per heavy atom. The summed E-state index contributed by atoms with van der Waals surface area (Å²) in [5.41, 5.74) is 0. The number of rotatable bonds is 7. The van der Waals surface area contributed by atoms with Crippen LogP contribution in [-0.2, 0) is 0 Å². The molecule has 1 heterocycles. The smallest absolute Gasteiger partial charge is 0.0244 e. The number of nitrogens with zero attached hydrogens (tertiary/aromatic N) is 1. The van der Waals surface area contributed by atoms with Crippen molar-refractivity contribution in [1.82, 2.24) is 10.2 Å². The maximum atomic E-state index is 3.77. The van der Waals surface area contributed by atoms with Crippen LogP contribution in [0.4, 0.5) is 0 Å². The van der Waals surface area contributed by atoms with Gasteiger partial charge in [0.15, 0.2) is 0 Å². The fourth-order valence-electron chi connectivity index (χ4n) is 2.85. The molecule has 108 valence electrons. The lowest BCUT2D eigenvalue weighted by Crippen LogP contribution is -2.60. The molecule has 1 fully saturated rings. The summed E-state index contributed by atoms with van der Waals surface area (Å²) in [4.78, 5) is 2.74. The van der Waals surface area contributed by atoms with Crippen LogP contribution in [0.15, 0.2) is 0 Å². The zero-order chi connectivity index (χ0) is 13.5. The standard InChI is InChI=1S/C15H32N2S/c1-6-13(4)14-11-17(8-7-9-18-5)15(10-16-14)12(2)3/h12-16H,6-11H2,1-5H3. The number of hydrogen-bond acceptors (Lipinski definition) is 3. The monoisotopic (exact) mass is 272 g/mol. The number of piperazine rings is 1. The van der Waals surface area contributed by atoms with Crippen molar-refractivity contribution in [2.45, 2.75) is 52.6 Å². The Kier molecular flexibility index (Phi) is 7.66. The normalized spacial score (nSPS) is 27.7. The van der Waals surface area contributed by atoms with E-state index in [0.717, 1.165) is 17.9 Å². The van der Waals surface area contributed by atoms with E-state index in [4.69, 9.17) is 0 Å². The molecule has 0 aromatic rings. The number of nitrogens with one attached hydrogen (secondary N) is 1. The van der Waals surface area contributed by atoms with Crippen LogP contribution < -0.4 is 5.32 Å². The predicted molar refractivity (Wildman–Crippen MR) is 84.4 cm³/mol. The van der Waals surface area contributed by atoms with Crippen molar-refractivity contribution in [3.8, 4) is 0 Å². The summed E-state index contributed by atoms with van der Waals surface area (Å²) in [7, 11) is 0.